The van der Waals surface area contributed by atoms with Gasteiger partial charge in [-0.3, -0.25) is 9.59 Å². The Labute approximate surface area is 157 Å². The van der Waals surface area contributed by atoms with Crippen LogP contribution in [0.1, 0.15) is 33.1 Å². The van der Waals surface area contributed by atoms with Gasteiger partial charge < -0.3 is 20.1 Å². The van der Waals surface area contributed by atoms with E-state index >= 15 is 0 Å². The average Bonchev–Trinajstić information content (AvgIpc) is 2.70. The standard InChI is InChI=1S/C21H26O6/c1-9-7-18(3,4)13-17(25)21(26)20-12(19(13,8-27-21)14(9)22)6-5-11(16(20)24)10(2)15(20)23/h11-13,16-17,24-26H,1-2,5-8H2,3-4H3/t11-,12-,13+,16?,17-,19-,20-,21+/m0/s1. The molecule has 2 heterocycles. The lowest BCUT2D eigenvalue weighted by molar-refractivity contribution is -0.436. The third-order valence-corrected chi connectivity index (χ3v) is 8.55. The number of hydrogen-bond donors (Lipinski definition) is 3. The molecular formula is C21H26O6. The van der Waals surface area contributed by atoms with Crippen molar-refractivity contribution >= 4 is 11.6 Å². The normalized spacial score (nSPS) is 55.5. The SMILES string of the molecule is C=C1CC(C)(C)[C@H]2[C@H](O)[C@@]3(O)OC[C@]2(C1=O)[C@@H]1CC[C@H]2C(=C)C(=O)[C@]13C2O. The lowest BCUT2D eigenvalue weighted by Gasteiger charge is -2.73. The van der Waals surface area contributed by atoms with Gasteiger partial charge in [0.1, 0.15) is 11.5 Å². The van der Waals surface area contributed by atoms with E-state index in [0.29, 0.717) is 24.8 Å². The lowest BCUT2D eigenvalue weighted by atomic mass is 9.35. The summed E-state index contributed by atoms with van der Waals surface area (Å²) in [5.41, 5.74) is -2.71. The lowest BCUT2D eigenvalue weighted by Crippen LogP contribution is -2.85. The molecule has 0 aromatic heterocycles. The Morgan fingerprint density at radius 2 is 1.74 bits per heavy atom. The van der Waals surface area contributed by atoms with Gasteiger partial charge in [-0.2, -0.15) is 0 Å². The summed E-state index contributed by atoms with van der Waals surface area (Å²) in [5.74, 6) is -4.56. The molecule has 0 radical (unpaired) electrons. The van der Waals surface area contributed by atoms with Crippen LogP contribution in [0.4, 0.5) is 0 Å². The Bertz CT molecular complexity index is 829. The predicted octanol–water partition coefficient (Wildman–Crippen LogP) is 0.750. The molecule has 2 aliphatic heterocycles. The fourth-order valence-corrected chi connectivity index (χ4v) is 7.79. The highest BCUT2D eigenvalue weighted by molar-refractivity contribution is 6.08. The summed E-state index contributed by atoms with van der Waals surface area (Å²) in [6.07, 6.45) is -1.25. The quantitative estimate of drug-likeness (QED) is 0.541. The number of ketones is 2. The summed E-state index contributed by atoms with van der Waals surface area (Å²) >= 11 is 0. The molecule has 4 bridgehead atoms. The van der Waals surface area contributed by atoms with E-state index in [9.17, 15) is 24.9 Å². The van der Waals surface area contributed by atoms with Crippen molar-refractivity contribution in [1.82, 2.24) is 0 Å². The Balaban J connectivity index is 1.84. The first-order valence-electron chi connectivity index (χ1n) is 9.66. The number of carbonyl (C=O) groups excluding carboxylic acids is 2. The number of ether oxygens (including phenoxy) is 1. The van der Waals surface area contributed by atoms with Crippen LogP contribution in [0.5, 0.6) is 0 Å². The first-order chi connectivity index (χ1) is 12.5. The Hall–Kier alpha value is -1.34. The summed E-state index contributed by atoms with van der Waals surface area (Å²) in [7, 11) is 0. The molecule has 1 unspecified atom stereocenters. The first kappa shape index (κ1) is 17.7. The number of Topliss-reactive ketones (excluding diaryl/α,β-unsaturated/α-hetero) is 2. The molecule has 2 spiro atoms. The third-order valence-electron chi connectivity index (χ3n) is 8.55. The smallest absolute Gasteiger partial charge is 0.208 e. The molecule has 6 aliphatic rings. The van der Waals surface area contributed by atoms with E-state index < -0.39 is 57.8 Å². The summed E-state index contributed by atoms with van der Waals surface area (Å²) in [4.78, 5) is 26.9. The topological polar surface area (TPSA) is 104 Å². The second kappa shape index (κ2) is 4.62. The molecule has 4 saturated carbocycles. The van der Waals surface area contributed by atoms with Crippen LogP contribution in [-0.2, 0) is 14.3 Å². The van der Waals surface area contributed by atoms with E-state index in [0.717, 1.165) is 0 Å². The van der Waals surface area contributed by atoms with E-state index in [1.807, 2.05) is 13.8 Å². The average molecular weight is 374 g/mol. The zero-order valence-corrected chi connectivity index (χ0v) is 15.7. The minimum absolute atomic E-state index is 0.0733. The van der Waals surface area contributed by atoms with Gasteiger partial charge in [0, 0.05) is 11.8 Å². The fourth-order valence-electron chi connectivity index (χ4n) is 7.79. The van der Waals surface area contributed by atoms with Crippen molar-refractivity contribution in [3.63, 3.8) is 0 Å². The van der Waals surface area contributed by atoms with Crippen LogP contribution in [-0.4, -0.2) is 51.5 Å². The van der Waals surface area contributed by atoms with Gasteiger partial charge in [-0.25, -0.2) is 0 Å². The van der Waals surface area contributed by atoms with Crippen LogP contribution < -0.4 is 0 Å². The number of carbonyl (C=O) groups is 2. The van der Waals surface area contributed by atoms with Crippen LogP contribution in [0.2, 0.25) is 0 Å². The van der Waals surface area contributed by atoms with Crippen LogP contribution in [0, 0.1) is 34.0 Å². The Morgan fingerprint density at radius 3 is 2.41 bits per heavy atom. The molecule has 6 heteroatoms. The number of aliphatic hydroxyl groups is 3. The van der Waals surface area contributed by atoms with Crippen LogP contribution >= 0.6 is 0 Å². The molecule has 27 heavy (non-hydrogen) atoms. The maximum Gasteiger partial charge on any atom is 0.208 e. The summed E-state index contributed by atoms with van der Waals surface area (Å²) in [5, 5.41) is 34.1. The van der Waals surface area contributed by atoms with Gasteiger partial charge in [-0.15, -0.1) is 0 Å². The van der Waals surface area contributed by atoms with Gasteiger partial charge >= 0.3 is 0 Å². The second-order valence-corrected chi connectivity index (χ2v) is 9.95. The van der Waals surface area contributed by atoms with E-state index in [1.165, 1.54) is 0 Å². The van der Waals surface area contributed by atoms with Gasteiger partial charge in [0.15, 0.2) is 11.6 Å². The monoisotopic (exact) mass is 374 g/mol. The van der Waals surface area contributed by atoms with Crippen molar-refractivity contribution in [2.75, 3.05) is 6.61 Å². The predicted molar refractivity (Wildman–Crippen MR) is 94.2 cm³/mol. The molecule has 0 amide bonds. The van der Waals surface area contributed by atoms with Crippen molar-refractivity contribution < 1.29 is 29.6 Å². The fraction of sp³-hybridized carbons (Fsp3) is 0.714. The van der Waals surface area contributed by atoms with Gasteiger partial charge in [-0.05, 0) is 41.7 Å². The van der Waals surface area contributed by atoms with Crippen LogP contribution in [0.25, 0.3) is 0 Å². The Morgan fingerprint density at radius 1 is 1.07 bits per heavy atom. The molecular weight excluding hydrogens is 348 g/mol. The van der Waals surface area contributed by atoms with Crippen molar-refractivity contribution in [1.29, 1.82) is 0 Å². The maximum atomic E-state index is 13.5. The van der Waals surface area contributed by atoms with Crippen molar-refractivity contribution in [3.8, 4) is 0 Å². The summed E-state index contributed by atoms with van der Waals surface area (Å²) in [6.45, 7) is 11.7. The molecule has 146 valence electrons. The van der Waals surface area contributed by atoms with E-state index in [1.54, 1.807) is 0 Å². The highest BCUT2D eigenvalue weighted by atomic mass is 16.6. The minimum Gasteiger partial charge on any atom is -0.391 e. The van der Waals surface area contributed by atoms with Gasteiger partial charge in [0.25, 0.3) is 0 Å². The molecule has 0 aromatic carbocycles. The number of hydrogen-bond acceptors (Lipinski definition) is 6. The van der Waals surface area contributed by atoms with Gasteiger partial charge in [-0.1, -0.05) is 27.0 Å². The molecule has 6 rings (SSSR count). The molecule has 6 fully saturated rings. The Kier molecular flexibility index (Phi) is 3.04. The number of rotatable bonds is 0. The van der Waals surface area contributed by atoms with Crippen molar-refractivity contribution in [3.05, 3.63) is 24.3 Å². The third kappa shape index (κ3) is 1.47. The van der Waals surface area contributed by atoms with Crippen molar-refractivity contribution in [2.45, 2.75) is 51.1 Å². The summed E-state index contributed by atoms with van der Waals surface area (Å²) < 4.78 is 5.75. The van der Waals surface area contributed by atoms with E-state index in [4.69, 9.17) is 4.74 Å². The number of aliphatic hydroxyl groups excluding tert-OH is 2. The molecule has 8 atom stereocenters. The van der Waals surface area contributed by atoms with E-state index in [2.05, 4.69) is 13.2 Å². The molecule has 4 aliphatic carbocycles. The molecule has 0 aromatic rings. The maximum absolute atomic E-state index is 13.5. The van der Waals surface area contributed by atoms with Gasteiger partial charge in [0.2, 0.25) is 5.79 Å². The molecule has 2 saturated heterocycles. The zero-order chi connectivity index (χ0) is 19.7. The minimum atomic E-state index is -2.23. The molecule has 3 N–H and O–H groups in total. The highest BCUT2D eigenvalue weighted by Gasteiger charge is 2.87. The highest BCUT2D eigenvalue weighted by Crippen LogP contribution is 2.75. The van der Waals surface area contributed by atoms with Crippen molar-refractivity contribution in [2.24, 2.45) is 34.0 Å². The van der Waals surface area contributed by atoms with Gasteiger partial charge in [0.05, 0.1) is 18.1 Å². The first-order valence-corrected chi connectivity index (χ1v) is 9.66. The van der Waals surface area contributed by atoms with E-state index in [-0.39, 0.29) is 18.0 Å². The zero-order valence-electron chi connectivity index (χ0n) is 15.7. The molecule has 6 nitrogen and oxygen atoms in total. The van der Waals surface area contributed by atoms with Crippen LogP contribution in [0.15, 0.2) is 24.3 Å². The number of allylic oxidation sites excluding steroid dienone is 1. The largest absolute Gasteiger partial charge is 0.391 e. The summed E-state index contributed by atoms with van der Waals surface area (Å²) in [6, 6.07) is 0. The number of fused-ring (bicyclic) bond motifs is 2. The van der Waals surface area contributed by atoms with Crippen LogP contribution in [0.3, 0.4) is 0 Å². The second-order valence-electron chi connectivity index (χ2n) is 9.95.